The highest BCUT2D eigenvalue weighted by atomic mass is 19.1. The summed E-state index contributed by atoms with van der Waals surface area (Å²) in [6, 6.07) is 5.08. The third-order valence-corrected chi connectivity index (χ3v) is 3.92. The van der Waals surface area contributed by atoms with Gasteiger partial charge in [-0.1, -0.05) is 12.1 Å². The van der Waals surface area contributed by atoms with Crippen LogP contribution in [-0.2, 0) is 11.2 Å². The molecule has 1 heterocycles. The average Bonchev–Trinajstić information content (AvgIpc) is 2.78. The Bertz CT molecular complexity index is 464. The van der Waals surface area contributed by atoms with Crippen LogP contribution in [0.15, 0.2) is 30.9 Å². The fraction of sp³-hybridized carbons (Fsp3) is 0.500. The summed E-state index contributed by atoms with van der Waals surface area (Å²) in [6.07, 6.45) is 2.48. The third-order valence-electron chi connectivity index (χ3n) is 3.92. The van der Waals surface area contributed by atoms with E-state index in [2.05, 4.69) is 11.5 Å². The number of nitrogens with two attached hydrogens (primary N) is 1. The van der Waals surface area contributed by atoms with Crippen LogP contribution in [0.25, 0.3) is 0 Å². The summed E-state index contributed by atoms with van der Waals surface area (Å²) in [6.45, 7) is 7.11. The van der Waals surface area contributed by atoms with Crippen molar-refractivity contribution < 1.29 is 9.13 Å². The van der Waals surface area contributed by atoms with Crippen LogP contribution in [0, 0.1) is 5.82 Å². The van der Waals surface area contributed by atoms with E-state index < -0.39 is 0 Å². The zero-order valence-corrected chi connectivity index (χ0v) is 12.0. The van der Waals surface area contributed by atoms with Crippen molar-refractivity contribution in [3.63, 3.8) is 0 Å². The minimum absolute atomic E-state index is 0.0842. The maximum Gasteiger partial charge on any atom is 0.123 e. The van der Waals surface area contributed by atoms with Gasteiger partial charge in [-0.25, -0.2) is 4.39 Å². The molecule has 1 aromatic carbocycles. The van der Waals surface area contributed by atoms with Gasteiger partial charge in [0.2, 0.25) is 0 Å². The molecule has 20 heavy (non-hydrogen) atoms. The van der Waals surface area contributed by atoms with Crippen molar-refractivity contribution in [3.05, 3.63) is 47.8 Å². The van der Waals surface area contributed by atoms with E-state index in [0.29, 0.717) is 13.0 Å². The van der Waals surface area contributed by atoms with E-state index >= 15 is 0 Å². The molecule has 2 atom stereocenters. The van der Waals surface area contributed by atoms with Crippen LogP contribution in [-0.4, -0.2) is 44.3 Å². The van der Waals surface area contributed by atoms with Crippen molar-refractivity contribution in [2.45, 2.75) is 18.4 Å². The van der Waals surface area contributed by atoms with Gasteiger partial charge >= 0.3 is 0 Å². The van der Waals surface area contributed by atoms with Crippen LogP contribution in [0.2, 0.25) is 0 Å². The molecule has 1 aliphatic rings. The second-order valence-corrected chi connectivity index (χ2v) is 5.36. The number of halogens is 1. The molecule has 0 unspecified atom stereocenters. The number of hydrogen-bond donors (Lipinski definition) is 1. The summed E-state index contributed by atoms with van der Waals surface area (Å²) in [5.74, 6) is 0.0517. The van der Waals surface area contributed by atoms with Gasteiger partial charge in [0.05, 0.1) is 6.61 Å². The number of likely N-dealkylation sites (tertiary alicyclic amines) is 1. The lowest BCUT2D eigenvalue weighted by Crippen LogP contribution is -2.30. The fourth-order valence-corrected chi connectivity index (χ4v) is 2.91. The highest BCUT2D eigenvalue weighted by Crippen LogP contribution is 2.29. The first-order chi connectivity index (χ1) is 9.65. The summed E-state index contributed by atoms with van der Waals surface area (Å²) in [5, 5.41) is 0. The molecule has 2 N–H and O–H groups in total. The molecular weight excluding hydrogens is 255 g/mol. The molecule has 0 aliphatic carbocycles. The van der Waals surface area contributed by atoms with Crippen molar-refractivity contribution >= 4 is 0 Å². The summed E-state index contributed by atoms with van der Waals surface area (Å²) >= 11 is 0. The van der Waals surface area contributed by atoms with Gasteiger partial charge in [-0.3, -0.25) is 4.90 Å². The Balaban J connectivity index is 2.16. The normalized spacial score (nSPS) is 23.1. The number of rotatable bonds is 6. The molecule has 1 saturated heterocycles. The predicted octanol–water partition coefficient (Wildman–Crippen LogP) is 1.93. The van der Waals surface area contributed by atoms with E-state index in [1.807, 2.05) is 6.07 Å². The lowest BCUT2D eigenvalue weighted by molar-refractivity contribution is 0.160. The van der Waals surface area contributed by atoms with Gasteiger partial charge in [-0.15, -0.1) is 6.58 Å². The van der Waals surface area contributed by atoms with E-state index in [9.17, 15) is 4.39 Å². The topological polar surface area (TPSA) is 38.5 Å². The van der Waals surface area contributed by atoms with E-state index in [1.54, 1.807) is 19.3 Å². The van der Waals surface area contributed by atoms with Crippen molar-refractivity contribution in [1.29, 1.82) is 0 Å². The maximum atomic E-state index is 13.4. The average molecular weight is 278 g/mol. The summed E-state index contributed by atoms with van der Waals surface area (Å²) in [5.41, 5.74) is 8.42. The molecule has 0 radical (unpaired) electrons. The Morgan fingerprint density at radius 1 is 1.50 bits per heavy atom. The second kappa shape index (κ2) is 6.97. The zero-order valence-electron chi connectivity index (χ0n) is 12.0. The first-order valence-electron chi connectivity index (χ1n) is 7.01. The lowest BCUT2D eigenvalue weighted by atomic mass is 9.89. The highest BCUT2D eigenvalue weighted by molar-refractivity contribution is 5.34. The Kier molecular flexibility index (Phi) is 5.29. The molecule has 0 saturated carbocycles. The summed E-state index contributed by atoms with van der Waals surface area (Å²) in [4.78, 5) is 2.31. The second-order valence-electron chi connectivity index (χ2n) is 5.36. The summed E-state index contributed by atoms with van der Waals surface area (Å²) < 4.78 is 18.5. The SMILES string of the molecule is C=CCc1cc(F)ccc1[C@@H]1CN(CCOC)C[C@H]1N. The van der Waals surface area contributed by atoms with Gasteiger partial charge in [0.1, 0.15) is 5.82 Å². The molecule has 0 aromatic heterocycles. The molecule has 1 aliphatic heterocycles. The van der Waals surface area contributed by atoms with Crippen LogP contribution in [0.4, 0.5) is 4.39 Å². The van der Waals surface area contributed by atoms with Crippen LogP contribution in [0.1, 0.15) is 17.0 Å². The molecule has 110 valence electrons. The van der Waals surface area contributed by atoms with Gasteiger partial charge in [-0.2, -0.15) is 0 Å². The Labute approximate surface area is 120 Å². The zero-order chi connectivity index (χ0) is 14.5. The number of ether oxygens (including phenoxy) is 1. The van der Waals surface area contributed by atoms with Crippen LogP contribution >= 0.6 is 0 Å². The number of nitrogens with zero attached hydrogens (tertiary/aromatic N) is 1. The smallest absolute Gasteiger partial charge is 0.123 e. The Morgan fingerprint density at radius 2 is 2.30 bits per heavy atom. The van der Waals surface area contributed by atoms with Crippen molar-refractivity contribution in [2.75, 3.05) is 33.4 Å². The first-order valence-corrected chi connectivity index (χ1v) is 7.01. The molecule has 3 nitrogen and oxygen atoms in total. The van der Waals surface area contributed by atoms with Gasteiger partial charge in [-0.05, 0) is 29.7 Å². The van der Waals surface area contributed by atoms with Crippen molar-refractivity contribution in [2.24, 2.45) is 5.73 Å². The minimum Gasteiger partial charge on any atom is -0.383 e. The molecule has 4 heteroatoms. The van der Waals surface area contributed by atoms with Crippen molar-refractivity contribution in [1.82, 2.24) is 4.90 Å². The fourth-order valence-electron chi connectivity index (χ4n) is 2.91. The van der Waals surface area contributed by atoms with Crippen LogP contribution < -0.4 is 5.73 Å². The van der Waals surface area contributed by atoms with E-state index in [-0.39, 0.29) is 17.8 Å². The van der Waals surface area contributed by atoms with E-state index in [4.69, 9.17) is 10.5 Å². The third kappa shape index (κ3) is 3.45. The predicted molar refractivity (Wildman–Crippen MR) is 79.3 cm³/mol. The molecule has 0 bridgehead atoms. The molecular formula is C16H23FN2O. The van der Waals surface area contributed by atoms with Gasteiger partial charge < -0.3 is 10.5 Å². The van der Waals surface area contributed by atoms with Gasteiger partial charge in [0.25, 0.3) is 0 Å². The largest absolute Gasteiger partial charge is 0.383 e. The Hall–Kier alpha value is -1.23. The number of methoxy groups -OCH3 is 1. The number of hydrogen-bond acceptors (Lipinski definition) is 3. The molecule has 1 fully saturated rings. The first kappa shape index (κ1) is 15.2. The molecule has 0 spiro atoms. The Morgan fingerprint density at radius 3 is 3.00 bits per heavy atom. The number of allylic oxidation sites excluding steroid dienone is 1. The molecule has 1 aromatic rings. The van der Waals surface area contributed by atoms with E-state index in [0.717, 1.165) is 30.8 Å². The lowest BCUT2D eigenvalue weighted by Gasteiger charge is -2.19. The molecule has 0 amide bonds. The van der Waals surface area contributed by atoms with Gasteiger partial charge in [0.15, 0.2) is 0 Å². The number of benzene rings is 1. The van der Waals surface area contributed by atoms with Crippen molar-refractivity contribution in [3.8, 4) is 0 Å². The maximum absolute atomic E-state index is 13.4. The standard InChI is InChI=1S/C16H23FN2O/c1-3-4-12-9-13(17)5-6-14(12)15-10-19(7-8-20-2)11-16(15)18/h3,5-6,9,15-16H,1,4,7-8,10-11,18H2,2H3/t15-,16+/m0/s1. The quantitative estimate of drug-likeness (QED) is 0.808. The van der Waals surface area contributed by atoms with Crippen LogP contribution in [0.5, 0.6) is 0 Å². The summed E-state index contributed by atoms with van der Waals surface area (Å²) in [7, 11) is 1.70. The van der Waals surface area contributed by atoms with Crippen LogP contribution in [0.3, 0.4) is 0 Å². The highest BCUT2D eigenvalue weighted by Gasteiger charge is 2.32. The van der Waals surface area contributed by atoms with E-state index in [1.165, 1.54) is 6.07 Å². The molecule has 2 rings (SSSR count). The van der Waals surface area contributed by atoms with Gasteiger partial charge in [0, 0.05) is 38.7 Å². The monoisotopic (exact) mass is 278 g/mol. The minimum atomic E-state index is -0.201.